The molecule has 30 heavy (non-hydrogen) atoms. The third kappa shape index (κ3) is 6.11. The van der Waals surface area contributed by atoms with Gasteiger partial charge in [0.05, 0.1) is 30.9 Å². The fourth-order valence-corrected chi connectivity index (χ4v) is 4.36. The van der Waals surface area contributed by atoms with E-state index in [9.17, 15) is 5.11 Å². The van der Waals surface area contributed by atoms with Crippen molar-refractivity contribution < 1.29 is 10.0 Å². The molecular formula is C24H33N4OS+. The van der Waals surface area contributed by atoms with Crippen LogP contribution in [0.15, 0.2) is 65.8 Å². The molecule has 0 amide bonds. The predicted molar refractivity (Wildman–Crippen MR) is 127 cm³/mol. The predicted octanol–water partition coefficient (Wildman–Crippen LogP) is 2.43. The molecule has 0 saturated carbocycles. The molecule has 1 aliphatic rings. The van der Waals surface area contributed by atoms with Gasteiger partial charge in [-0.25, -0.2) is 0 Å². The Balaban J connectivity index is 1.70. The highest BCUT2D eigenvalue weighted by molar-refractivity contribution is 7.80. The van der Waals surface area contributed by atoms with Gasteiger partial charge in [-0.3, -0.25) is 5.43 Å². The topological polar surface area (TPSA) is 61.1 Å². The van der Waals surface area contributed by atoms with Crippen molar-refractivity contribution in [2.75, 3.05) is 14.1 Å². The number of quaternary nitrogens is 1. The van der Waals surface area contributed by atoms with E-state index < -0.39 is 6.10 Å². The molecule has 0 radical (unpaired) electrons. The summed E-state index contributed by atoms with van der Waals surface area (Å²) >= 11 is 5.20. The fraction of sp³-hybridized carbons (Fsp3) is 0.417. The van der Waals surface area contributed by atoms with E-state index in [0.717, 1.165) is 42.5 Å². The van der Waals surface area contributed by atoms with Crippen molar-refractivity contribution in [3.63, 3.8) is 0 Å². The number of rotatable bonds is 7. The van der Waals surface area contributed by atoms with Gasteiger partial charge in [0, 0.05) is 19.9 Å². The van der Waals surface area contributed by atoms with Crippen LogP contribution < -0.4 is 15.6 Å². The Kier molecular flexibility index (Phi) is 8.37. The molecule has 4 N–H and O–H groups in total. The Bertz CT molecular complexity index is 828. The van der Waals surface area contributed by atoms with Crippen molar-refractivity contribution in [1.29, 1.82) is 0 Å². The number of nitrogens with zero attached hydrogens (tertiary/aromatic N) is 1. The molecule has 1 aliphatic heterocycles. The average molecular weight is 426 g/mol. The van der Waals surface area contributed by atoms with Gasteiger partial charge in [-0.15, -0.1) is 0 Å². The number of hydrazone groups is 1. The van der Waals surface area contributed by atoms with Gasteiger partial charge in [0.2, 0.25) is 0 Å². The smallest absolute Gasteiger partial charge is 0.186 e. The third-order valence-corrected chi connectivity index (χ3v) is 6.45. The van der Waals surface area contributed by atoms with Crippen LogP contribution in [0, 0.1) is 0 Å². The summed E-state index contributed by atoms with van der Waals surface area (Å²) in [6, 6.07) is 21.2. The largest absolute Gasteiger partial charge is 0.388 e. The van der Waals surface area contributed by atoms with E-state index in [0.29, 0.717) is 17.2 Å². The van der Waals surface area contributed by atoms with Crippen molar-refractivity contribution in [1.82, 2.24) is 10.7 Å². The Morgan fingerprint density at radius 2 is 1.73 bits per heavy atom. The summed E-state index contributed by atoms with van der Waals surface area (Å²) in [6.07, 6.45) is 4.72. The van der Waals surface area contributed by atoms with E-state index in [1.807, 2.05) is 48.5 Å². The van der Waals surface area contributed by atoms with E-state index in [4.69, 9.17) is 12.2 Å². The average Bonchev–Trinajstić information content (AvgIpc) is 2.79. The molecule has 1 heterocycles. The van der Waals surface area contributed by atoms with Crippen molar-refractivity contribution in [3.8, 4) is 0 Å². The molecule has 0 aliphatic carbocycles. The number of benzene rings is 2. The molecule has 3 rings (SSSR count). The first kappa shape index (κ1) is 22.4. The fourth-order valence-electron chi connectivity index (χ4n) is 4.31. The standard InChI is InChI=1S/C24H32N4OS/c1-25-24(30)27-26-22(18-10-5-3-6-11-18)16-20-14-9-15-21(28(20)2)17-23(29)19-12-7-4-8-13-19/h3-8,10-13,20-21,23,29H,9,14-17H2,1-2H3,(H2,25,27,30)/p+1/b26-22-/t20-,21+,23+/m1/s1. The minimum Gasteiger partial charge on any atom is -0.388 e. The Morgan fingerprint density at radius 1 is 1.10 bits per heavy atom. The van der Waals surface area contributed by atoms with Gasteiger partial charge < -0.3 is 15.3 Å². The molecule has 1 fully saturated rings. The number of hydrogen-bond acceptors (Lipinski definition) is 3. The molecule has 160 valence electrons. The van der Waals surface area contributed by atoms with Gasteiger partial charge in [-0.05, 0) is 42.6 Å². The molecule has 2 aromatic rings. The van der Waals surface area contributed by atoms with Crippen molar-refractivity contribution >= 4 is 23.0 Å². The zero-order valence-corrected chi connectivity index (χ0v) is 18.7. The summed E-state index contributed by atoms with van der Waals surface area (Å²) in [7, 11) is 4.05. The molecule has 1 saturated heterocycles. The molecule has 0 bridgehead atoms. The van der Waals surface area contributed by atoms with Gasteiger partial charge in [-0.1, -0.05) is 60.7 Å². The molecule has 5 nitrogen and oxygen atoms in total. The number of piperidine rings is 1. The highest BCUT2D eigenvalue weighted by Gasteiger charge is 2.34. The number of aliphatic hydroxyl groups excluding tert-OH is 1. The minimum atomic E-state index is -0.415. The summed E-state index contributed by atoms with van der Waals surface area (Å²) in [4.78, 5) is 1.48. The van der Waals surface area contributed by atoms with Crippen LogP contribution in [0.5, 0.6) is 0 Å². The third-order valence-electron chi connectivity index (χ3n) is 6.15. The van der Waals surface area contributed by atoms with Gasteiger partial charge in [0.25, 0.3) is 0 Å². The van der Waals surface area contributed by atoms with Crippen LogP contribution >= 0.6 is 12.2 Å². The second-order valence-electron chi connectivity index (χ2n) is 8.05. The van der Waals surface area contributed by atoms with Gasteiger partial charge in [-0.2, -0.15) is 5.10 Å². The highest BCUT2D eigenvalue weighted by Crippen LogP contribution is 2.22. The first-order valence-corrected chi connectivity index (χ1v) is 11.1. The van der Waals surface area contributed by atoms with E-state index in [1.54, 1.807) is 7.05 Å². The number of hydrogen-bond donors (Lipinski definition) is 4. The van der Waals surface area contributed by atoms with Gasteiger partial charge >= 0.3 is 0 Å². The van der Waals surface area contributed by atoms with Gasteiger partial charge in [0.15, 0.2) is 5.11 Å². The molecule has 4 atom stereocenters. The van der Waals surface area contributed by atoms with Crippen LogP contribution in [0.3, 0.4) is 0 Å². The monoisotopic (exact) mass is 425 g/mol. The number of likely N-dealkylation sites (tertiary alicyclic amines) is 1. The maximum atomic E-state index is 10.7. The molecule has 0 aromatic heterocycles. The zero-order valence-electron chi connectivity index (χ0n) is 17.8. The lowest BCUT2D eigenvalue weighted by Crippen LogP contribution is -3.17. The van der Waals surface area contributed by atoms with E-state index in [1.165, 1.54) is 11.3 Å². The quantitative estimate of drug-likeness (QED) is 0.313. The number of nitrogens with one attached hydrogen (secondary N) is 3. The van der Waals surface area contributed by atoms with Crippen molar-refractivity contribution in [3.05, 3.63) is 71.8 Å². The van der Waals surface area contributed by atoms with Crippen LogP contribution in [0.2, 0.25) is 0 Å². The Hall–Kier alpha value is -2.28. The molecule has 2 aromatic carbocycles. The molecule has 0 spiro atoms. The van der Waals surface area contributed by atoms with Crippen molar-refractivity contribution in [2.24, 2.45) is 5.10 Å². The minimum absolute atomic E-state index is 0.415. The first-order valence-electron chi connectivity index (χ1n) is 10.7. The lowest BCUT2D eigenvalue weighted by Gasteiger charge is -2.37. The van der Waals surface area contributed by atoms with E-state index in [2.05, 4.69) is 35.0 Å². The highest BCUT2D eigenvalue weighted by atomic mass is 32.1. The number of aliphatic hydroxyl groups is 1. The normalized spacial score (nSPS) is 22.9. The Labute approximate surface area is 185 Å². The van der Waals surface area contributed by atoms with E-state index >= 15 is 0 Å². The van der Waals surface area contributed by atoms with Crippen LogP contribution in [0.4, 0.5) is 0 Å². The second kappa shape index (κ2) is 11.2. The number of thiocarbonyl (C=S) groups is 1. The zero-order chi connectivity index (χ0) is 21.3. The van der Waals surface area contributed by atoms with Crippen molar-refractivity contribution in [2.45, 2.75) is 50.3 Å². The lowest BCUT2D eigenvalue weighted by molar-refractivity contribution is -0.936. The van der Waals surface area contributed by atoms with E-state index in [-0.39, 0.29) is 0 Å². The van der Waals surface area contributed by atoms with Crippen LogP contribution in [-0.4, -0.2) is 42.1 Å². The first-order chi connectivity index (χ1) is 14.6. The summed E-state index contributed by atoms with van der Waals surface area (Å²) in [5.41, 5.74) is 6.09. The maximum absolute atomic E-state index is 10.7. The summed E-state index contributed by atoms with van der Waals surface area (Å²) in [6.45, 7) is 0. The second-order valence-corrected chi connectivity index (χ2v) is 8.46. The molecule has 1 unspecified atom stereocenters. The van der Waals surface area contributed by atoms with Crippen LogP contribution in [0.25, 0.3) is 0 Å². The molecule has 6 heteroatoms. The summed E-state index contributed by atoms with van der Waals surface area (Å²) in [5, 5.41) is 18.8. The SMILES string of the molecule is CNC(=S)N/N=C(/C[C@H]1CCC[C@@H](C[C@H](O)c2ccccc2)[NH+]1C)c1ccccc1. The lowest BCUT2D eigenvalue weighted by atomic mass is 9.88. The van der Waals surface area contributed by atoms with Crippen LogP contribution in [0.1, 0.15) is 49.3 Å². The van der Waals surface area contributed by atoms with Gasteiger partial charge in [0.1, 0.15) is 0 Å². The Morgan fingerprint density at radius 3 is 2.40 bits per heavy atom. The summed E-state index contributed by atoms with van der Waals surface area (Å²) < 4.78 is 0. The van der Waals surface area contributed by atoms with Crippen LogP contribution in [-0.2, 0) is 0 Å². The summed E-state index contributed by atoms with van der Waals surface area (Å²) in [5.74, 6) is 0. The maximum Gasteiger partial charge on any atom is 0.186 e. The molecular weight excluding hydrogens is 392 g/mol.